The van der Waals surface area contributed by atoms with E-state index < -0.39 is 10.2 Å². The van der Waals surface area contributed by atoms with Crippen LogP contribution >= 0.6 is 0 Å². The number of unbranched alkanes of at least 4 members (excludes halogenated alkanes) is 1. The Morgan fingerprint density at radius 2 is 1.89 bits per heavy atom. The van der Waals surface area contributed by atoms with Gasteiger partial charge in [-0.1, -0.05) is 37.6 Å². The van der Waals surface area contributed by atoms with E-state index >= 15 is 0 Å². The highest BCUT2D eigenvalue weighted by atomic mass is 32.2. The zero-order chi connectivity index (χ0) is 14.3. The maximum absolute atomic E-state index is 12.0. The van der Waals surface area contributed by atoms with Gasteiger partial charge in [-0.05, 0) is 17.5 Å². The Bertz CT molecular complexity index is 488. The molecule has 1 aromatic rings. The van der Waals surface area contributed by atoms with Crippen molar-refractivity contribution < 1.29 is 8.42 Å². The molecule has 0 aromatic heterocycles. The van der Waals surface area contributed by atoms with Gasteiger partial charge in [0.15, 0.2) is 0 Å². The topological polar surface area (TPSA) is 75.4 Å². The summed E-state index contributed by atoms with van der Waals surface area (Å²) in [5, 5.41) is 0. The van der Waals surface area contributed by atoms with Crippen LogP contribution in [-0.4, -0.2) is 26.3 Å². The molecule has 0 fully saturated rings. The first kappa shape index (κ1) is 16.1. The number of nitrogens with one attached hydrogen (secondary N) is 1. The highest BCUT2D eigenvalue weighted by Gasteiger charge is 2.16. The minimum Gasteiger partial charge on any atom is -0.326 e. The third-order valence-corrected chi connectivity index (χ3v) is 4.53. The van der Waals surface area contributed by atoms with E-state index in [0.29, 0.717) is 13.1 Å². The summed E-state index contributed by atoms with van der Waals surface area (Å²) in [6.07, 6.45) is 1.83. The molecule has 0 unspecified atom stereocenters. The minimum atomic E-state index is -3.41. The van der Waals surface area contributed by atoms with Gasteiger partial charge in [0.25, 0.3) is 10.2 Å². The Morgan fingerprint density at radius 1 is 1.26 bits per heavy atom. The summed E-state index contributed by atoms with van der Waals surface area (Å²) in [7, 11) is -1.82. The van der Waals surface area contributed by atoms with Gasteiger partial charge >= 0.3 is 0 Å². The maximum Gasteiger partial charge on any atom is 0.279 e. The first-order chi connectivity index (χ1) is 9.01. The Balaban J connectivity index is 2.64. The average Bonchev–Trinajstić information content (AvgIpc) is 2.42. The van der Waals surface area contributed by atoms with Crippen molar-refractivity contribution in [2.24, 2.45) is 5.73 Å². The minimum absolute atomic E-state index is 0.270. The molecule has 0 heterocycles. The molecular formula is C13H23N3O2S. The smallest absolute Gasteiger partial charge is 0.279 e. The number of nitrogens with two attached hydrogens (primary N) is 1. The Hall–Kier alpha value is -0.950. The second-order valence-electron chi connectivity index (χ2n) is 4.47. The maximum atomic E-state index is 12.0. The van der Waals surface area contributed by atoms with Crippen molar-refractivity contribution in [3.8, 4) is 0 Å². The predicted molar refractivity (Wildman–Crippen MR) is 77.6 cm³/mol. The number of rotatable bonds is 8. The van der Waals surface area contributed by atoms with Crippen LogP contribution < -0.4 is 10.5 Å². The summed E-state index contributed by atoms with van der Waals surface area (Å²) in [6, 6.07) is 7.57. The van der Waals surface area contributed by atoms with Gasteiger partial charge in [-0.25, -0.2) is 0 Å². The van der Waals surface area contributed by atoms with E-state index in [1.54, 1.807) is 7.05 Å². The molecule has 5 nitrogen and oxygen atoms in total. The van der Waals surface area contributed by atoms with Crippen LogP contribution in [0.1, 0.15) is 30.9 Å². The normalized spacial score (nSPS) is 12.0. The lowest BCUT2D eigenvalue weighted by Gasteiger charge is -2.18. The molecule has 0 saturated heterocycles. The molecule has 0 bridgehead atoms. The zero-order valence-corrected chi connectivity index (χ0v) is 12.4. The molecule has 0 aliphatic carbocycles. The van der Waals surface area contributed by atoms with Crippen LogP contribution in [0, 0.1) is 0 Å². The lowest BCUT2D eigenvalue weighted by molar-refractivity contribution is 0.448. The van der Waals surface area contributed by atoms with Crippen molar-refractivity contribution in [3.63, 3.8) is 0 Å². The second-order valence-corrected chi connectivity index (χ2v) is 6.34. The molecule has 0 aliphatic rings. The molecule has 0 radical (unpaired) electrons. The van der Waals surface area contributed by atoms with Crippen LogP contribution in [0.3, 0.4) is 0 Å². The highest BCUT2D eigenvalue weighted by molar-refractivity contribution is 7.87. The summed E-state index contributed by atoms with van der Waals surface area (Å²) in [5.41, 5.74) is 7.50. The van der Waals surface area contributed by atoms with Crippen molar-refractivity contribution >= 4 is 10.2 Å². The van der Waals surface area contributed by atoms with E-state index in [4.69, 9.17) is 5.73 Å². The lowest BCUT2D eigenvalue weighted by Crippen LogP contribution is -2.38. The molecule has 1 aromatic carbocycles. The molecule has 0 spiro atoms. The third-order valence-electron chi connectivity index (χ3n) is 3.02. The van der Waals surface area contributed by atoms with E-state index in [1.165, 1.54) is 4.31 Å². The van der Waals surface area contributed by atoms with Crippen molar-refractivity contribution in [2.75, 3.05) is 13.6 Å². The number of benzene rings is 1. The summed E-state index contributed by atoms with van der Waals surface area (Å²) in [6.45, 7) is 3.24. The first-order valence-electron chi connectivity index (χ1n) is 6.49. The van der Waals surface area contributed by atoms with E-state index in [1.807, 2.05) is 31.2 Å². The standard InChI is InChI=1S/C13H23N3O2S/c1-3-4-9-16(2)19(17,18)15-11-13-8-6-5-7-12(13)10-14/h5-8,15H,3-4,9-11,14H2,1-2H3. The van der Waals surface area contributed by atoms with Gasteiger partial charge in [-0.3, -0.25) is 0 Å². The monoisotopic (exact) mass is 285 g/mol. The van der Waals surface area contributed by atoms with Gasteiger partial charge in [-0.15, -0.1) is 0 Å². The summed E-state index contributed by atoms with van der Waals surface area (Å²) in [5.74, 6) is 0. The van der Waals surface area contributed by atoms with Gasteiger partial charge in [0.1, 0.15) is 0 Å². The molecule has 3 N–H and O–H groups in total. The Morgan fingerprint density at radius 3 is 2.47 bits per heavy atom. The van der Waals surface area contributed by atoms with E-state index in [-0.39, 0.29) is 6.54 Å². The van der Waals surface area contributed by atoms with Gasteiger partial charge in [0.05, 0.1) is 0 Å². The zero-order valence-electron chi connectivity index (χ0n) is 11.6. The SMILES string of the molecule is CCCCN(C)S(=O)(=O)NCc1ccccc1CN. The number of hydrogen-bond acceptors (Lipinski definition) is 3. The average molecular weight is 285 g/mol. The molecule has 0 amide bonds. The van der Waals surface area contributed by atoms with Gasteiger partial charge < -0.3 is 5.73 Å². The molecular weight excluding hydrogens is 262 g/mol. The quantitative estimate of drug-likeness (QED) is 0.754. The Labute approximate surface area is 116 Å². The van der Waals surface area contributed by atoms with Crippen LogP contribution in [0.4, 0.5) is 0 Å². The van der Waals surface area contributed by atoms with Crippen LogP contribution in [0.15, 0.2) is 24.3 Å². The van der Waals surface area contributed by atoms with E-state index in [2.05, 4.69) is 4.72 Å². The fourth-order valence-electron chi connectivity index (χ4n) is 1.71. The predicted octanol–water partition coefficient (Wildman–Crippen LogP) is 1.21. The first-order valence-corrected chi connectivity index (χ1v) is 7.93. The van der Waals surface area contributed by atoms with Crippen LogP contribution in [-0.2, 0) is 23.3 Å². The molecule has 0 saturated carbocycles. The number of hydrogen-bond donors (Lipinski definition) is 2. The van der Waals surface area contributed by atoms with Crippen LogP contribution in [0.5, 0.6) is 0 Å². The fourth-order valence-corrected chi connectivity index (χ4v) is 2.64. The lowest BCUT2D eigenvalue weighted by atomic mass is 10.1. The molecule has 1 rings (SSSR count). The second kappa shape index (κ2) is 7.59. The van der Waals surface area contributed by atoms with Gasteiger partial charge in [-0.2, -0.15) is 17.4 Å². The number of nitrogens with zero attached hydrogens (tertiary/aromatic N) is 1. The van der Waals surface area contributed by atoms with E-state index in [0.717, 1.165) is 24.0 Å². The van der Waals surface area contributed by atoms with Crippen molar-refractivity contribution in [1.82, 2.24) is 9.03 Å². The summed E-state index contributed by atoms with van der Waals surface area (Å²) in [4.78, 5) is 0. The van der Waals surface area contributed by atoms with Gasteiger partial charge in [0.2, 0.25) is 0 Å². The molecule has 0 atom stereocenters. The van der Waals surface area contributed by atoms with Gasteiger partial charge in [0, 0.05) is 26.7 Å². The molecule has 0 aliphatic heterocycles. The third kappa shape index (κ3) is 4.91. The van der Waals surface area contributed by atoms with Crippen LogP contribution in [0.25, 0.3) is 0 Å². The summed E-state index contributed by atoms with van der Waals surface area (Å²) >= 11 is 0. The van der Waals surface area contributed by atoms with Crippen LogP contribution in [0.2, 0.25) is 0 Å². The molecule has 19 heavy (non-hydrogen) atoms. The molecule has 6 heteroatoms. The summed E-state index contributed by atoms with van der Waals surface area (Å²) < 4.78 is 27.9. The van der Waals surface area contributed by atoms with Crippen molar-refractivity contribution in [3.05, 3.63) is 35.4 Å². The van der Waals surface area contributed by atoms with E-state index in [9.17, 15) is 8.42 Å². The Kier molecular flexibility index (Phi) is 6.44. The van der Waals surface area contributed by atoms with Crippen molar-refractivity contribution in [2.45, 2.75) is 32.9 Å². The highest BCUT2D eigenvalue weighted by Crippen LogP contribution is 2.08. The molecule has 108 valence electrons. The largest absolute Gasteiger partial charge is 0.326 e. The fraction of sp³-hybridized carbons (Fsp3) is 0.538. The van der Waals surface area contributed by atoms with Crippen molar-refractivity contribution in [1.29, 1.82) is 0 Å².